The van der Waals surface area contributed by atoms with Crippen LogP contribution in [0.15, 0.2) is 18.2 Å². The van der Waals surface area contributed by atoms with Crippen LogP contribution in [0.5, 0.6) is 0 Å². The van der Waals surface area contributed by atoms with E-state index in [4.69, 9.17) is 5.73 Å². The lowest BCUT2D eigenvalue weighted by molar-refractivity contribution is 0.346. The van der Waals surface area contributed by atoms with Gasteiger partial charge in [0.05, 0.1) is 16.0 Å². The molecule has 0 aliphatic heterocycles. The van der Waals surface area contributed by atoms with Crippen LogP contribution < -0.4 is 5.73 Å². The SMILES string of the molecule is CN(CCS(C)(=O)=O)Cc1ccc2nc(N)sc2c1. The fraction of sp³-hybridized carbons (Fsp3) is 0.417. The van der Waals surface area contributed by atoms with Gasteiger partial charge in [-0.25, -0.2) is 13.4 Å². The van der Waals surface area contributed by atoms with Crippen molar-refractivity contribution in [1.82, 2.24) is 9.88 Å². The number of hydrogen-bond donors (Lipinski definition) is 1. The molecule has 1 aromatic heterocycles. The summed E-state index contributed by atoms with van der Waals surface area (Å²) in [5.74, 6) is 0.180. The number of nitrogen functional groups attached to an aromatic ring is 1. The lowest BCUT2D eigenvalue weighted by Gasteiger charge is -2.15. The van der Waals surface area contributed by atoms with Gasteiger partial charge < -0.3 is 10.6 Å². The fourth-order valence-corrected chi connectivity index (χ4v) is 3.24. The number of fused-ring (bicyclic) bond motifs is 1. The highest BCUT2D eigenvalue weighted by molar-refractivity contribution is 7.90. The Labute approximate surface area is 117 Å². The van der Waals surface area contributed by atoms with Crippen molar-refractivity contribution in [3.63, 3.8) is 0 Å². The van der Waals surface area contributed by atoms with E-state index in [0.29, 0.717) is 18.2 Å². The third-order valence-electron chi connectivity index (χ3n) is 2.77. The van der Waals surface area contributed by atoms with Crippen molar-refractivity contribution in [2.45, 2.75) is 6.54 Å². The Kier molecular flexibility index (Phi) is 4.07. The van der Waals surface area contributed by atoms with E-state index in [1.54, 1.807) is 0 Å². The lowest BCUT2D eigenvalue weighted by atomic mass is 10.2. The van der Waals surface area contributed by atoms with Gasteiger partial charge in [0.1, 0.15) is 9.84 Å². The predicted molar refractivity (Wildman–Crippen MR) is 80.1 cm³/mol. The van der Waals surface area contributed by atoms with Crippen LogP contribution in [0.4, 0.5) is 5.13 Å². The Morgan fingerprint density at radius 1 is 1.42 bits per heavy atom. The van der Waals surface area contributed by atoms with Gasteiger partial charge in [0.25, 0.3) is 0 Å². The van der Waals surface area contributed by atoms with Gasteiger partial charge >= 0.3 is 0 Å². The third-order valence-corrected chi connectivity index (χ3v) is 4.54. The highest BCUT2D eigenvalue weighted by Gasteiger charge is 2.07. The highest BCUT2D eigenvalue weighted by Crippen LogP contribution is 2.24. The molecule has 0 fully saturated rings. The van der Waals surface area contributed by atoms with Crippen LogP contribution in [0.2, 0.25) is 0 Å². The smallest absolute Gasteiger partial charge is 0.181 e. The topological polar surface area (TPSA) is 76.3 Å². The van der Waals surface area contributed by atoms with Crippen molar-refractivity contribution in [1.29, 1.82) is 0 Å². The quantitative estimate of drug-likeness (QED) is 0.902. The van der Waals surface area contributed by atoms with E-state index >= 15 is 0 Å². The minimum absolute atomic E-state index is 0.180. The molecular formula is C12H17N3O2S2. The number of nitrogens with two attached hydrogens (primary N) is 1. The molecule has 0 spiro atoms. The Balaban J connectivity index is 2.04. The average molecular weight is 299 g/mol. The van der Waals surface area contributed by atoms with E-state index in [1.165, 1.54) is 17.6 Å². The minimum Gasteiger partial charge on any atom is -0.375 e. The van der Waals surface area contributed by atoms with E-state index in [9.17, 15) is 8.42 Å². The van der Waals surface area contributed by atoms with E-state index < -0.39 is 9.84 Å². The van der Waals surface area contributed by atoms with Gasteiger partial charge in [-0.15, -0.1) is 0 Å². The maximum atomic E-state index is 11.1. The van der Waals surface area contributed by atoms with Gasteiger partial charge in [-0.3, -0.25) is 0 Å². The summed E-state index contributed by atoms with van der Waals surface area (Å²) in [7, 11) is -0.996. The third kappa shape index (κ3) is 4.15. The maximum Gasteiger partial charge on any atom is 0.181 e. The molecule has 0 atom stereocenters. The van der Waals surface area contributed by atoms with Crippen LogP contribution in [-0.4, -0.2) is 43.9 Å². The van der Waals surface area contributed by atoms with Crippen molar-refractivity contribution in [2.75, 3.05) is 31.3 Å². The molecule has 2 rings (SSSR count). The summed E-state index contributed by atoms with van der Waals surface area (Å²) in [4.78, 5) is 6.20. The van der Waals surface area contributed by atoms with Crippen LogP contribution >= 0.6 is 11.3 Å². The zero-order valence-corrected chi connectivity index (χ0v) is 12.6. The van der Waals surface area contributed by atoms with Gasteiger partial charge in [0.2, 0.25) is 0 Å². The summed E-state index contributed by atoms with van der Waals surface area (Å²) >= 11 is 1.46. The normalized spacial score (nSPS) is 12.4. The molecule has 0 aliphatic rings. The average Bonchev–Trinajstić information content (AvgIpc) is 2.65. The van der Waals surface area contributed by atoms with E-state index in [0.717, 1.165) is 15.8 Å². The van der Waals surface area contributed by atoms with Crippen molar-refractivity contribution < 1.29 is 8.42 Å². The zero-order valence-electron chi connectivity index (χ0n) is 11.0. The second kappa shape index (κ2) is 5.44. The van der Waals surface area contributed by atoms with E-state index in [-0.39, 0.29) is 5.75 Å². The van der Waals surface area contributed by atoms with E-state index in [1.807, 2.05) is 24.1 Å². The van der Waals surface area contributed by atoms with Crippen LogP contribution in [-0.2, 0) is 16.4 Å². The Morgan fingerprint density at radius 3 is 2.84 bits per heavy atom. The molecule has 1 heterocycles. The first-order valence-corrected chi connectivity index (χ1v) is 8.72. The van der Waals surface area contributed by atoms with Gasteiger partial charge in [-0.05, 0) is 24.7 Å². The molecule has 0 aliphatic carbocycles. The van der Waals surface area contributed by atoms with Gasteiger partial charge in [-0.1, -0.05) is 17.4 Å². The number of sulfone groups is 1. The predicted octanol–water partition coefficient (Wildman–Crippen LogP) is 1.35. The molecule has 5 nitrogen and oxygen atoms in total. The molecule has 104 valence electrons. The Bertz CT molecular complexity index is 679. The molecule has 19 heavy (non-hydrogen) atoms. The lowest BCUT2D eigenvalue weighted by Crippen LogP contribution is -2.24. The maximum absolute atomic E-state index is 11.1. The van der Waals surface area contributed by atoms with Crippen molar-refractivity contribution >= 4 is 36.5 Å². The van der Waals surface area contributed by atoms with Crippen LogP contribution in [0, 0.1) is 0 Å². The first-order valence-electron chi connectivity index (χ1n) is 5.85. The van der Waals surface area contributed by atoms with Crippen LogP contribution in [0.3, 0.4) is 0 Å². The molecule has 0 amide bonds. The van der Waals surface area contributed by atoms with Crippen molar-refractivity contribution in [3.05, 3.63) is 23.8 Å². The molecule has 0 unspecified atom stereocenters. The number of aromatic nitrogens is 1. The monoisotopic (exact) mass is 299 g/mol. The summed E-state index contributed by atoms with van der Waals surface area (Å²) in [5.41, 5.74) is 7.71. The first kappa shape index (κ1) is 14.2. The molecule has 0 bridgehead atoms. The van der Waals surface area contributed by atoms with Gasteiger partial charge in [0, 0.05) is 19.3 Å². The molecule has 1 aromatic carbocycles. The number of hydrogen-bond acceptors (Lipinski definition) is 6. The minimum atomic E-state index is -2.91. The summed E-state index contributed by atoms with van der Waals surface area (Å²) in [6, 6.07) is 6.00. The van der Waals surface area contributed by atoms with E-state index in [2.05, 4.69) is 11.1 Å². The molecule has 7 heteroatoms. The highest BCUT2D eigenvalue weighted by atomic mass is 32.2. The Hall–Kier alpha value is -1.18. The molecule has 2 N–H and O–H groups in total. The van der Waals surface area contributed by atoms with Gasteiger partial charge in [-0.2, -0.15) is 0 Å². The second-order valence-electron chi connectivity index (χ2n) is 4.72. The first-order chi connectivity index (χ1) is 8.83. The summed E-state index contributed by atoms with van der Waals surface area (Å²) in [6.45, 7) is 1.24. The summed E-state index contributed by atoms with van der Waals surface area (Å²) < 4.78 is 23.3. The van der Waals surface area contributed by atoms with Crippen LogP contribution in [0.1, 0.15) is 5.56 Å². The van der Waals surface area contributed by atoms with Crippen LogP contribution in [0.25, 0.3) is 10.2 Å². The summed E-state index contributed by atoms with van der Waals surface area (Å²) in [5, 5.41) is 0.567. The number of nitrogens with zero attached hydrogens (tertiary/aromatic N) is 2. The van der Waals surface area contributed by atoms with Gasteiger partial charge in [0.15, 0.2) is 5.13 Å². The standard InChI is InChI=1S/C12H17N3O2S2/c1-15(5-6-19(2,16)17)8-9-3-4-10-11(7-9)18-12(13)14-10/h3-4,7H,5-6,8H2,1-2H3,(H2,13,14). The number of benzene rings is 1. The van der Waals surface area contributed by atoms with Crippen molar-refractivity contribution in [2.24, 2.45) is 0 Å². The fourth-order valence-electron chi connectivity index (χ4n) is 1.80. The molecule has 0 saturated carbocycles. The molecular weight excluding hydrogens is 282 g/mol. The number of thiazole rings is 1. The number of rotatable bonds is 5. The number of anilines is 1. The summed E-state index contributed by atoms with van der Waals surface area (Å²) in [6.07, 6.45) is 1.26. The second-order valence-corrected chi connectivity index (χ2v) is 8.04. The zero-order chi connectivity index (χ0) is 14.0. The van der Waals surface area contributed by atoms with Crippen molar-refractivity contribution in [3.8, 4) is 0 Å². The molecule has 2 aromatic rings. The molecule has 0 saturated heterocycles. The molecule has 0 radical (unpaired) electrons. The largest absolute Gasteiger partial charge is 0.375 e. The Morgan fingerprint density at radius 2 is 2.16 bits per heavy atom.